The molecule has 1 unspecified atom stereocenters. The molecular weight excluding hydrogens is 531 g/mol. The van der Waals surface area contributed by atoms with Gasteiger partial charge in [0.15, 0.2) is 5.96 Å². The Morgan fingerprint density at radius 2 is 1.88 bits per heavy atom. The van der Waals surface area contributed by atoms with E-state index in [1.165, 1.54) is 16.8 Å². The number of ether oxygens (including phenoxy) is 2. The summed E-state index contributed by atoms with van der Waals surface area (Å²) in [5.41, 5.74) is 4.81. The molecular formula is C24H39IN6O2. The number of benzene rings is 1. The molecule has 2 aromatic rings. The molecule has 1 atom stereocenters. The first-order chi connectivity index (χ1) is 15.4. The van der Waals surface area contributed by atoms with Gasteiger partial charge in [-0.25, -0.2) is 0 Å². The second-order valence-electron chi connectivity index (χ2n) is 8.37. The molecule has 0 aliphatic carbocycles. The minimum Gasteiger partial charge on any atom is -0.497 e. The smallest absolute Gasteiger partial charge is 0.191 e. The van der Waals surface area contributed by atoms with Gasteiger partial charge in [0, 0.05) is 57.6 Å². The van der Waals surface area contributed by atoms with Crippen LogP contribution in [-0.2, 0) is 20.0 Å². The van der Waals surface area contributed by atoms with Gasteiger partial charge in [0.1, 0.15) is 11.5 Å². The maximum atomic E-state index is 5.41. The van der Waals surface area contributed by atoms with Crippen molar-refractivity contribution in [2.45, 2.75) is 46.2 Å². The molecule has 0 saturated carbocycles. The number of nitrogens with one attached hydrogen (secondary N) is 2. The third-order valence-corrected chi connectivity index (χ3v) is 6.07. The van der Waals surface area contributed by atoms with Gasteiger partial charge in [0.25, 0.3) is 0 Å². The van der Waals surface area contributed by atoms with Gasteiger partial charge in [0.2, 0.25) is 0 Å². The van der Waals surface area contributed by atoms with Gasteiger partial charge in [-0.1, -0.05) is 0 Å². The van der Waals surface area contributed by atoms with E-state index in [1.807, 2.05) is 17.8 Å². The predicted octanol–water partition coefficient (Wildman–Crippen LogP) is 3.04. The maximum Gasteiger partial charge on any atom is 0.191 e. The highest BCUT2D eigenvalue weighted by Crippen LogP contribution is 2.24. The highest BCUT2D eigenvalue weighted by Gasteiger charge is 2.23. The molecule has 1 aliphatic heterocycles. The molecule has 1 aliphatic rings. The minimum absolute atomic E-state index is 0. The third-order valence-electron chi connectivity index (χ3n) is 6.07. The summed E-state index contributed by atoms with van der Waals surface area (Å²) >= 11 is 0. The zero-order chi connectivity index (χ0) is 23.1. The summed E-state index contributed by atoms with van der Waals surface area (Å²) in [6.45, 7) is 10.8. The number of likely N-dealkylation sites (tertiary alicyclic amines) is 1. The SMILES string of the molecule is CCNC(=NCCc1c(C)nn(C)c1C)NC1CCN(Cc2cc(OC)cc(OC)c2)C1.I. The molecule has 1 aromatic heterocycles. The number of guanidine groups is 1. The topological polar surface area (TPSA) is 75.9 Å². The van der Waals surface area contributed by atoms with Crippen molar-refractivity contribution in [3.63, 3.8) is 0 Å². The lowest BCUT2D eigenvalue weighted by Crippen LogP contribution is -2.44. The molecule has 1 fully saturated rings. The van der Waals surface area contributed by atoms with Crippen molar-refractivity contribution in [2.75, 3.05) is 40.4 Å². The quantitative estimate of drug-likeness (QED) is 0.274. The van der Waals surface area contributed by atoms with Crippen LogP contribution in [0.3, 0.4) is 0 Å². The van der Waals surface area contributed by atoms with Crippen LogP contribution in [0.1, 0.15) is 35.9 Å². The van der Waals surface area contributed by atoms with Gasteiger partial charge < -0.3 is 20.1 Å². The van der Waals surface area contributed by atoms with E-state index < -0.39 is 0 Å². The number of methoxy groups -OCH3 is 2. The van der Waals surface area contributed by atoms with Crippen LogP contribution in [0.4, 0.5) is 0 Å². The van der Waals surface area contributed by atoms with Crippen molar-refractivity contribution in [1.82, 2.24) is 25.3 Å². The fraction of sp³-hybridized carbons (Fsp3) is 0.583. The van der Waals surface area contributed by atoms with E-state index >= 15 is 0 Å². The van der Waals surface area contributed by atoms with Crippen LogP contribution in [0.15, 0.2) is 23.2 Å². The van der Waals surface area contributed by atoms with Crippen LogP contribution < -0.4 is 20.1 Å². The second kappa shape index (κ2) is 13.0. The number of aliphatic imine (C=N–C) groups is 1. The molecule has 3 rings (SSSR count). The summed E-state index contributed by atoms with van der Waals surface area (Å²) in [6.07, 6.45) is 1.99. The molecule has 2 heterocycles. The first kappa shape index (κ1) is 27.2. The Bertz CT molecular complexity index is 908. The Morgan fingerprint density at radius 1 is 1.18 bits per heavy atom. The van der Waals surface area contributed by atoms with Crippen molar-refractivity contribution in [3.05, 3.63) is 40.7 Å². The molecule has 0 radical (unpaired) electrons. The first-order valence-electron chi connectivity index (χ1n) is 11.4. The molecule has 8 nitrogen and oxygen atoms in total. The second-order valence-corrected chi connectivity index (χ2v) is 8.37. The summed E-state index contributed by atoms with van der Waals surface area (Å²) in [7, 11) is 5.37. The number of halogens is 1. The summed E-state index contributed by atoms with van der Waals surface area (Å²) in [4.78, 5) is 7.28. The highest BCUT2D eigenvalue weighted by atomic mass is 127. The number of hydrogen-bond acceptors (Lipinski definition) is 5. The van der Waals surface area contributed by atoms with Crippen molar-refractivity contribution in [2.24, 2.45) is 12.0 Å². The monoisotopic (exact) mass is 570 g/mol. The van der Waals surface area contributed by atoms with Crippen LogP contribution in [0.25, 0.3) is 0 Å². The maximum absolute atomic E-state index is 5.41. The lowest BCUT2D eigenvalue weighted by molar-refractivity contribution is 0.321. The van der Waals surface area contributed by atoms with Crippen molar-refractivity contribution in [1.29, 1.82) is 0 Å². The third kappa shape index (κ3) is 7.49. The predicted molar refractivity (Wildman–Crippen MR) is 144 cm³/mol. The van der Waals surface area contributed by atoms with E-state index in [4.69, 9.17) is 14.5 Å². The van der Waals surface area contributed by atoms with Crippen LogP contribution >= 0.6 is 24.0 Å². The van der Waals surface area contributed by atoms with E-state index in [0.717, 1.165) is 68.7 Å². The van der Waals surface area contributed by atoms with Gasteiger partial charge in [-0.05, 0) is 56.9 Å². The van der Waals surface area contributed by atoms with Crippen molar-refractivity contribution >= 4 is 29.9 Å². The van der Waals surface area contributed by atoms with Gasteiger partial charge >= 0.3 is 0 Å². The van der Waals surface area contributed by atoms with Crippen LogP contribution in [0.2, 0.25) is 0 Å². The van der Waals surface area contributed by atoms with Crippen LogP contribution in [-0.4, -0.2) is 67.1 Å². The Labute approximate surface area is 215 Å². The Hall–Kier alpha value is -2.01. The molecule has 184 valence electrons. The summed E-state index contributed by atoms with van der Waals surface area (Å²) in [5, 5.41) is 11.5. The molecule has 0 bridgehead atoms. The summed E-state index contributed by atoms with van der Waals surface area (Å²) in [5.74, 6) is 2.55. The lowest BCUT2D eigenvalue weighted by atomic mass is 10.1. The number of aromatic nitrogens is 2. The average molecular weight is 571 g/mol. The van der Waals surface area contributed by atoms with Crippen LogP contribution in [0, 0.1) is 13.8 Å². The Morgan fingerprint density at radius 3 is 2.45 bits per heavy atom. The van der Waals surface area contributed by atoms with Gasteiger partial charge in [-0.2, -0.15) is 5.10 Å². The normalized spacial score (nSPS) is 16.4. The summed E-state index contributed by atoms with van der Waals surface area (Å²) in [6, 6.07) is 6.45. The Balaban J connectivity index is 0.00000385. The van der Waals surface area contributed by atoms with E-state index in [2.05, 4.69) is 53.5 Å². The number of aryl methyl sites for hydroxylation is 2. The van der Waals surface area contributed by atoms with Crippen LogP contribution in [0.5, 0.6) is 11.5 Å². The number of nitrogens with zero attached hydrogens (tertiary/aromatic N) is 4. The lowest BCUT2D eigenvalue weighted by Gasteiger charge is -2.19. The van der Waals surface area contributed by atoms with Crippen molar-refractivity contribution in [3.8, 4) is 11.5 Å². The summed E-state index contributed by atoms with van der Waals surface area (Å²) < 4.78 is 12.8. The van der Waals surface area contributed by atoms with Crippen molar-refractivity contribution < 1.29 is 9.47 Å². The standard InChI is InChI=1S/C24H38N6O2.HI/c1-7-25-24(26-10-8-23-17(2)28-29(4)18(23)3)27-20-9-11-30(16-20)15-19-12-21(31-5)14-22(13-19)32-6;/h12-14,20H,7-11,15-16H2,1-6H3,(H2,25,26,27);1H. The highest BCUT2D eigenvalue weighted by molar-refractivity contribution is 14.0. The molecule has 0 amide bonds. The van der Waals surface area contributed by atoms with E-state index in [0.29, 0.717) is 6.04 Å². The molecule has 0 spiro atoms. The molecule has 1 aromatic carbocycles. The van der Waals surface area contributed by atoms with E-state index in [1.54, 1.807) is 14.2 Å². The van der Waals surface area contributed by atoms with Gasteiger partial charge in [0.05, 0.1) is 19.9 Å². The number of hydrogen-bond donors (Lipinski definition) is 2. The molecule has 9 heteroatoms. The average Bonchev–Trinajstić information content (AvgIpc) is 3.31. The Kier molecular flexibility index (Phi) is 10.7. The molecule has 2 N–H and O–H groups in total. The minimum atomic E-state index is 0. The zero-order valence-electron chi connectivity index (χ0n) is 20.8. The fourth-order valence-corrected chi connectivity index (χ4v) is 4.28. The van der Waals surface area contributed by atoms with Gasteiger partial charge in [-0.3, -0.25) is 14.6 Å². The van der Waals surface area contributed by atoms with E-state index in [-0.39, 0.29) is 24.0 Å². The largest absolute Gasteiger partial charge is 0.497 e. The molecule has 33 heavy (non-hydrogen) atoms. The van der Waals surface area contributed by atoms with E-state index in [9.17, 15) is 0 Å². The number of rotatable bonds is 9. The van der Waals surface area contributed by atoms with Gasteiger partial charge in [-0.15, -0.1) is 24.0 Å². The zero-order valence-corrected chi connectivity index (χ0v) is 23.1. The first-order valence-corrected chi connectivity index (χ1v) is 11.4. The molecule has 1 saturated heterocycles. The fourth-order valence-electron chi connectivity index (χ4n) is 4.28.